The summed E-state index contributed by atoms with van der Waals surface area (Å²) in [7, 11) is 0. The molecule has 2 heteroatoms. The summed E-state index contributed by atoms with van der Waals surface area (Å²) in [4.78, 5) is 1.28. The molecule has 0 spiro atoms. The highest BCUT2D eigenvalue weighted by Crippen LogP contribution is 2.24. The van der Waals surface area contributed by atoms with Gasteiger partial charge in [0.2, 0.25) is 0 Å². The molecule has 1 aromatic heterocycles. The zero-order valence-corrected chi connectivity index (χ0v) is 7.42. The first-order chi connectivity index (χ1) is 4.74. The number of furan rings is 1. The van der Waals surface area contributed by atoms with Crippen molar-refractivity contribution >= 4 is 11.8 Å². The van der Waals surface area contributed by atoms with Gasteiger partial charge in [-0.2, -0.15) is 0 Å². The lowest BCUT2D eigenvalue weighted by Crippen LogP contribution is -1.69. The summed E-state index contributed by atoms with van der Waals surface area (Å²) in [5, 5.41) is 0. The summed E-state index contributed by atoms with van der Waals surface area (Å²) in [6.07, 6.45) is 0. The zero-order chi connectivity index (χ0) is 7.56. The SMILES string of the molecule is CCSc1cc(C)oc1C. The van der Waals surface area contributed by atoms with Gasteiger partial charge in [0, 0.05) is 4.90 Å². The smallest absolute Gasteiger partial charge is 0.114 e. The monoisotopic (exact) mass is 156 g/mol. The average Bonchev–Trinajstić information content (AvgIpc) is 2.13. The van der Waals surface area contributed by atoms with Crippen LogP contribution in [0.1, 0.15) is 18.4 Å². The second-order valence-electron chi connectivity index (χ2n) is 2.21. The van der Waals surface area contributed by atoms with Crippen molar-refractivity contribution in [1.82, 2.24) is 0 Å². The summed E-state index contributed by atoms with van der Waals surface area (Å²) in [6.45, 7) is 6.13. The summed E-state index contributed by atoms with van der Waals surface area (Å²) >= 11 is 1.83. The molecule has 0 radical (unpaired) electrons. The standard InChI is InChI=1S/C8H12OS/c1-4-10-8-5-6(2)9-7(8)3/h5H,4H2,1-3H3. The Hall–Kier alpha value is -0.370. The molecule has 0 amide bonds. The fourth-order valence-electron chi connectivity index (χ4n) is 0.906. The number of hydrogen-bond donors (Lipinski definition) is 0. The lowest BCUT2D eigenvalue weighted by Gasteiger charge is -1.90. The van der Waals surface area contributed by atoms with Crippen LogP contribution in [0.5, 0.6) is 0 Å². The molecule has 0 aliphatic heterocycles. The number of rotatable bonds is 2. The number of thioether (sulfide) groups is 1. The van der Waals surface area contributed by atoms with E-state index in [1.807, 2.05) is 25.6 Å². The van der Waals surface area contributed by atoms with E-state index >= 15 is 0 Å². The van der Waals surface area contributed by atoms with Crippen LogP contribution in [0.4, 0.5) is 0 Å². The van der Waals surface area contributed by atoms with E-state index in [0.29, 0.717) is 0 Å². The van der Waals surface area contributed by atoms with E-state index in [0.717, 1.165) is 17.3 Å². The fraction of sp³-hybridized carbons (Fsp3) is 0.500. The van der Waals surface area contributed by atoms with E-state index in [9.17, 15) is 0 Å². The molecule has 0 aromatic carbocycles. The van der Waals surface area contributed by atoms with Gasteiger partial charge in [-0.1, -0.05) is 6.92 Å². The average molecular weight is 156 g/mol. The summed E-state index contributed by atoms with van der Waals surface area (Å²) < 4.78 is 5.35. The first-order valence-corrected chi connectivity index (χ1v) is 4.42. The van der Waals surface area contributed by atoms with Gasteiger partial charge in [-0.25, -0.2) is 0 Å². The lowest BCUT2D eigenvalue weighted by molar-refractivity contribution is 0.499. The summed E-state index contributed by atoms with van der Waals surface area (Å²) in [5.74, 6) is 3.16. The Kier molecular flexibility index (Phi) is 2.44. The van der Waals surface area contributed by atoms with E-state index < -0.39 is 0 Å². The Morgan fingerprint density at radius 2 is 2.20 bits per heavy atom. The molecular formula is C8H12OS. The summed E-state index contributed by atoms with van der Waals surface area (Å²) in [6, 6.07) is 2.09. The van der Waals surface area contributed by atoms with Crippen molar-refractivity contribution in [2.45, 2.75) is 25.7 Å². The van der Waals surface area contributed by atoms with Crippen molar-refractivity contribution in [3.8, 4) is 0 Å². The molecule has 1 heterocycles. The van der Waals surface area contributed by atoms with Gasteiger partial charge >= 0.3 is 0 Å². The van der Waals surface area contributed by atoms with Crippen molar-refractivity contribution in [3.05, 3.63) is 17.6 Å². The molecule has 0 atom stereocenters. The Labute approximate surface area is 65.8 Å². The first-order valence-electron chi connectivity index (χ1n) is 3.44. The highest BCUT2D eigenvalue weighted by Gasteiger charge is 2.02. The molecule has 1 nitrogen and oxygen atoms in total. The molecule has 0 aliphatic rings. The highest BCUT2D eigenvalue weighted by atomic mass is 32.2. The van der Waals surface area contributed by atoms with Crippen LogP contribution < -0.4 is 0 Å². The van der Waals surface area contributed by atoms with E-state index in [1.54, 1.807) is 0 Å². The van der Waals surface area contributed by atoms with E-state index in [4.69, 9.17) is 4.42 Å². The third-order valence-electron chi connectivity index (χ3n) is 1.30. The van der Waals surface area contributed by atoms with Crippen LogP contribution in [0, 0.1) is 13.8 Å². The molecule has 0 saturated heterocycles. The minimum Gasteiger partial charge on any atom is -0.465 e. The second kappa shape index (κ2) is 3.15. The van der Waals surface area contributed by atoms with Crippen LogP contribution >= 0.6 is 11.8 Å². The van der Waals surface area contributed by atoms with E-state index in [-0.39, 0.29) is 0 Å². The first kappa shape index (κ1) is 7.73. The van der Waals surface area contributed by atoms with Crippen LogP contribution in [-0.4, -0.2) is 5.75 Å². The van der Waals surface area contributed by atoms with Crippen LogP contribution in [0.3, 0.4) is 0 Å². The topological polar surface area (TPSA) is 13.1 Å². The van der Waals surface area contributed by atoms with Gasteiger partial charge in [0.25, 0.3) is 0 Å². The Morgan fingerprint density at radius 1 is 1.50 bits per heavy atom. The molecular weight excluding hydrogens is 144 g/mol. The maximum atomic E-state index is 5.35. The van der Waals surface area contributed by atoms with Gasteiger partial charge in [-0.3, -0.25) is 0 Å². The third-order valence-corrected chi connectivity index (χ3v) is 2.30. The Balaban J connectivity index is 2.81. The zero-order valence-electron chi connectivity index (χ0n) is 6.60. The summed E-state index contributed by atoms with van der Waals surface area (Å²) in [5.41, 5.74) is 0. The molecule has 1 rings (SSSR count). The van der Waals surface area contributed by atoms with Crippen LogP contribution in [-0.2, 0) is 0 Å². The molecule has 0 unspecified atom stereocenters. The quantitative estimate of drug-likeness (QED) is 0.610. The minimum absolute atomic E-state index is 1.01. The van der Waals surface area contributed by atoms with Crippen molar-refractivity contribution < 1.29 is 4.42 Å². The van der Waals surface area contributed by atoms with Crippen molar-refractivity contribution in [2.24, 2.45) is 0 Å². The molecule has 0 aliphatic carbocycles. The molecule has 0 bridgehead atoms. The van der Waals surface area contributed by atoms with Crippen molar-refractivity contribution in [1.29, 1.82) is 0 Å². The highest BCUT2D eigenvalue weighted by molar-refractivity contribution is 7.99. The van der Waals surface area contributed by atoms with Crippen LogP contribution in [0.15, 0.2) is 15.4 Å². The maximum Gasteiger partial charge on any atom is 0.114 e. The normalized spacial score (nSPS) is 10.3. The van der Waals surface area contributed by atoms with Gasteiger partial charge in [-0.15, -0.1) is 11.8 Å². The number of aryl methyl sites for hydroxylation is 2. The molecule has 1 aromatic rings. The fourth-order valence-corrected chi connectivity index (χ4v) is 1.71. The van der Waals surface area contributed by atoms with Gasteiger partial charge < -0.3 is 4.42 Å². The molecule has 56 valence electrons. The van der Waals surface area contributed by atoms with Crippen molar-refractivity contribution in [2.75, 3.05) is 5.75 Å². The van der Waals surface area contributed by atoms with Gasteiger partial charge in [0.1, 0.15) is 11.5 Å². The molecule has 0 saturated carbocycles. The minimum atomic E-state index is 1.01. The second-order valence-corrected chi connectivity index (χ2v) is 3.52. The van der Waals surface area contributed by atoms with Gasteiger partial charge in [0.05, 0.1) is 0 Å². The van der Waals surface area contributed by atoms with Crippen LogP contribution in [0.25, 0.3) is 0 Å². The molecule has 0 fully saturated rings. The largest absolute Gasteiger partial charge is 0.465 e. The van der Waals surface area contributed by atoms with E-state index in [2.05, 4.69) is 13.0 Å². The lowest BCUT2D eigenvalue weighted by atomic mass is 10.4. The molecule has 10 heavy (non-hydrogen) atoms. The van der Waals surface area contributed by atoms with Crippen molar-refractivity contribution in [3.63, 3.8) is 0 Å². The van der Waals surface area contributed by atoms with Gasteiger partial charge in [-0.05, 0) is 25.7 Å². The Bertz CT molecular complexity index is 215. The maximum absolute atomic E-state index is 5.35. The third kappa shape index (κ3) is 1.57. The van der Waals surface area contributed by atoms with E-state index in [1.165, 1.54) is 4.90 Å². The predicted molar refractivity (Wildman–Crippen MR) is 44.6 cm³/mol. The number of hydrogen-bond acceptors (Lipinski definition) is 2. The predicted octanol–water partition coefficient (Wildman–Crippen LogP) is 3.01. The Morgan fingerprint density at radius 3 is 2.60 bits per heavy atom. The van der Waals surface area contributed by atoms with Gasteiger partial charge in [0.15, 0.2) is 0 Å². The molecule has 0 N–H and O–H groups in total. The van der Waals surface area contributed by atoms with Crippen LogP contribution in [0.2, 0.25) is 0 Å².